The Hall–Kier alpha value is -3.17. The van der Waals surface area contributed by atoms with Crippen molar-refractivity contribution in [1.29, 1.82) is 0 Å². The zero-order valence-electron chi connectivity index (χ0n) is 20.0. The van der Waals surface area contributed by atoms with Gasteiger partial charge in [-0.3, -0.25) is 9.59 Å². The van der Waals surface area contributed by atoms with E-state index in [0.29, 0.717) is 30.8 Å². The van der Waals surface area contributed by atoms with Gasteiger partial charge in [0.2, 0.25) is 0 Å². The number of para-hydroxylation sites is 1. The minimum atomic E-state index is -0.306. The van der Waals surface area contributed by atoms with Crippen molar-refractivity contribution in [3.63, 3.8) is 0 Å². The summed E-state index contributed by atoms with van der Waals surface area (Å²) in [5, 5.41) is 5.70. The summed E-state index contributed by atoms with van der Waals surface area (Å²) in [6.07, 6.45) is 2.62. The molecule has 1 aromatic heterocycles. The quantitative estimate of drug-likeness (QED) is 0.285. The number of ether oxygens (including phenoxy) is 1. The van der Waals surface area contributed by atoms with Crippen LogP contribution in [0, 0.1) is 5.82 Å². The highest BCUT2D eigenvalue weighted by atomic mass is 32.1. The van der Waals surface area contributed by atoms with E-state index in [1.54, 1.807) is 24.4 Å². The molecule has 188 valence electrons. The van der Waals surface area contributed by atoms with E-state index in [1.165, 1.54) is 23.5 Å². The molecular formula is C27H28FN3O3S2. The number of benzene rings is 2. The van der Waals surface area contributed by atoms with Gasteiger partial charge in [0.1, 0.15) is 11.5 Å². The number of thiazole rings is 1. The molecule has 3 aromatic rings. The second-order valence-electron chi connectivity index (χ2n) is 8.54. The molecule has 0 atom stereocenters. The molecule has 0 aliphatic carbocycles. The molecule has 2 aromatic carbocycles. The van der Waals surface area contributed by atoms with Crippen molar-refractivity contribution in [3.05, 3.63) is 70.4 Å². The molecule has 0 radical (unpaired) electrons. The van der Waals surface area contributed by atoms with Crippen LogP contribution in [0.4, 0.5) is 10.1 Å². The Morgan fingerprint density at radius 1 is 1.14 bits per heavy atom. The maximum atomic E-state index is 13.3. The summed E-state index contributed by atoms with van der Waals surface area (Å²) >= 11 is 7.02. The molecule has 9 heteroatoms. The van der Waals surface area contributed by atoms with Crippen molar-refractivity contribution in [2.45, 2.75) is 38.5 Å². The Balaban J connectivity index is 1.34. The van der Waals surface area contributed by atoms with Crippen LogP contribution < -0.4 is 5.32 Å². The second-order valence-corrected chi connectivity index (χ2v) is 9.90. The molecule has 1 aliphatic heterocycles. The number of halogens is 1. The van der Waals surface area contributed by atoms with Crippen molar-refractivity contribution in [2.75, 3.05) is 25.0 Å². The Morgan fingerprint density at radius 2 is 1.86 bits per heavy atom. The number of thiocarbonyl (C=S) groups is 1. The smallest absolute Gasteiger partial charge is 0.306 e. The van der Waals surface area contributed by atoms with Crippen molar-refractivity contribution in [1.82, 2.24) is 9.88 Å². The third-order valence-corrected chi connectivity index (χ3v) is 7.60. The van der Waals surface area contributed by atoms with Crippen molar-refractivity contribution in [3.8, 4) is 11.1 Å². The number of likely N-dealkylation sites (tertiary alicyclic amines) is 1. The van der Waals surface area contributed by atoms with Crippen LogP contribution in [-0.2, 0) is 9.53 Å². The first-order valence-electron chi connectivity index (χ1n) is 12.0. The van der Waals surface area contributed by atoms with Crippen molar-refractivity contribution in [2.24, 2.45) is 0 Å². The number of nitrogens with zero attached hydrogens (tertiary/aromatic N) is 2. The molecule has 1 aliphatic rings. The highest BCUT2D eigenvalue weighted by Crippen LogP contribution is 2.32. The Labute approximate surface area is 219 Å². The van der Waals surface area contributed by atoms with E-state index in [4.69, 9.17) is 17.0 Å². The minimum absolute atomic E-state index is 0.219. The van der Waals surface area contributed by atoms with E-state index < -0.39 is 0 Å². The predicted octanol–water partition coefficient (Wildman–Crippen LogP) is 6.05. The summed E-state index contributed by atoms with van der Waals surface area (Å²) < 4.78 is 18.3. The molecule has 1 amide bonds. The summed E-state index contributed by atoms with van der Waals surface area (Å²) in [6.45, 7) is 3.78. The van der Waals surface area contributed by atoms with Crippen LogP contribution in [0.1, 0.15) is 54.0 Å². The predicted molar refractivity (Wildman–Crippen MR) is 144 cm³/mol. The average molecular weight is 526 g/mol. The van der Waals surface area contributed by atoms with Gasteiger partial charge in [0.05, 0.1) is 23.0 Å². The number of amides is 1. The van der Waals surface area contributed by atoms with Gasteiger partial charge in [0, 0.05) is 42.1 Å². The molecule has 1 saturated heterocycles. The summed E-state index contributed by atoms with van der Waals surface area (Å²) in [6, 6.07) is 13.6. The van der Waals surface area contributed by atoms with Crippen LogP contribution in [0.5, 0.6) is 0 Å². The topological polar surface area (TPSA) is 71.5 Å². The lowest BCUT2D eigenvalue weighted by Gasteiger charge is -2.33. The highest BCUT2D eigenvalue weighted by molar-refractivity contribution is 7.80. The van der Waals surface area contributed by atoms with Crippen LogP contribution in [0.3, 0.4) is 0 Å². The number of hydrogen-bond donors (Lipinski definition) is 1. The highest BCUT2D eigenvalue weighted by Gasteiger charge is 2.25. The molecule has 0 unspecified atom stereocenters. The number of nitrogens with one attached hydrogen (secondary N) is 1. The van der Waals surface area contributed by atoms with Gasteiger partial charge in [0.15, 0.2) is 0 Å². The summed E-state index contributed by atoms with van der Waals surface area (Å²) in [7, 11) is 0. The normalized spacial score (nSPS) is 13.9. The SMILES string of the molecule is CCOC(=O)CCC(=S)N1CCC(c2nc(C(=O)Nc3ccccc3-c3ccc(F)cc3)cs2)CC1. The van der Waals surface area contributed by atoms with E-state index in [0.717, 1.165) is 47.1 Å². The van der Waals surface area contributed by atoms with Crippen molar-refractivity contribution < 1.29 is 18.7 Å². The number of carbonyl (C=O) groups excluding carboxylic acids is 2. The lowest BCUT2D eigenvalue weighted by atomic mass is 9.97. The van der Waals surface area contributed by atoms with E-state index in [9.17, 15) is 14.0 Å². The lowest BCUT2D eigenvalue weighted by molar-refractivity contribution is -0.142. The number of hydrogen-bond acceptors (Lipinski definition) is 6. The van der Waals surface area contributed by atoms with Crippen LogP contribution >= 0.6 is 23.6 Å². The Kier molecular flexibility index (Phi) is 8.77. The first-order chi connectivity index (χ1) is 17.4. The third-order valence-electron chi connectivity index (χ3n) is 6.13. The second kappa shape index (κ2) is 12.2. The van der Waals surface area contributed by atoms with Gasteiger partial charge >= 0.3 is 5.97 Å². The van der Waals surface area contributed by atoms with Gasteiger partial charge in [-0.2, -0.15) is 0 Å². The maximum absolute atomic E-state index is 13.3. The molecule has 0 saturated carbocycles. The monoisotopic (exact) mass is 525 g/mol. The largest absolute Gasteiger partial charge is 0.466 e. The van der Waals surface area contributed by atoms with Crippen LogP contribution in [0.15, 0.2) is 53.9 Å². The molecule has 0 bridgehead atoms. The molecule has 0 spiro atoms. The van der Waals surface area contributed by atoms with Crippen molar-refractivity contribution >= 4 is 46.1 Å². The van der Waals surface area contributed by atoms with Gasteiger partial charge in [-0.15, -0.1) is 11.3 Å². The fourth-order valence-electron chi connectivity index (χ4n) is 4.22. The first kappa shape index (κ1) is 25.9. The lowest BCUT2D eigenvalue weighted by Crippen LogP contribution is -2.37. The number of aromatic nitrogens is 1. The van der Waals surface area contributed by atoms with E-state index >= 15 is 0 Å². The van der Waals surface area contributed by atoms with Crippen LogP contribution in [0.25, 0.3) is 11.1 Å². The molecule has 1 N–H and O–H groups in total. The fraction of sp³-hybridized carbons (Fsp3) is 0.333. The first-order valence-corrected chi connectivity index (χ1v) is 13.3. The molecule has 36 heavy (non-hydrogen) atoms. The van der Waals surface area contributed by atoms with Crippen LogP contribution in [0.2, 0.25) is 0 Å². The third kappa shape index (κ3) is 6.53. The standard InChI is InChI=1S/C27H28FN3O3S2/c1-2-34-25(32)12-11-24(35)31-15-13-19(14-16-31)27-30-23(17-36-27)26(33)29-22-6-4-3-5-21(22)18-7-9-20(28)10-8-18/h3-10,17,19H,2,11-16H2,1H3,(H,29,33). The number of rotatable bonds is 8. The fourth-order valence-corrected chi connectivity index (χ4v) is 5.47. The van der Waals surface area contributed by atoms with Gasteiger partial charge in [-0.1, -0.05) is 42.5 Å². The Bertz CT molecular complexity index is 1220. The number of piperidine rings is 1. The van der Waals surface area contributed by atoms with Gasteiger partial charge in [-0.25, -0.2) is 9.37 Å². The number of carbonyl (C=O) groups is 2. The average Bonchev–Trinajstić information content (AvgIpc) is 3.39. The molecular weight excluding hydrogens is 497 g/mol. The molecule has 6 nitrogen and oxygen atoms in total. The number of anilines is 1. The van der Waals surface area contributed by atoms with Gasteiger partial charge in [-0.05, 0) is 43.5 Å². The summed E-state index contributed by atoms with van der Waals surface area (Å²) in [4.78, 5) is 32.1. The van der Waals surface area contributed by atoms with E-state index in [2.05, 4.69) is 15.2 Å². The number of esters is 1. The van der Waals surface area contributed by atoms with E-state index in [-0.39, 0.29) is 23.6 Å². The van der Waals surface area contributed by atoms with Gasteiger partial charge in [0.25, 0.3) is 5.91 Å². The molecule has 1 fully saturated rings. The molecule has 2 heterocycles. The Morgan fingerprint density at radius 3 is 2.58 bits per heavy atom. The zero-order chi connectivity index (χ0) is 25.5. The van der Waals surface area contributed by atoms with Crippen LogP contribution in [-0.4, -0.2) is 46.4 Å². The zero-order valence-corrected chi connectivity index (χ0v) is 21.7. The maximum Gasteiger partial charge on any atom is 0.306 e. The minimum Gasteiger partial charge on any atom is -0.466 e. The van der Waals surface area contributed by atoms with Gasteiger partial charge < -0.3 is 15.0 Å². The molecule has 4 rings (SSSR count). The van der Waals surface area contributed by atoms with E-state index in [1.807, 2.05) is 24.3 Å². The summed E-state index contributed by atoms with van der Waals surface area (Å²) in [5.41, 5.74) is 2.66. The summed E-state index contributed by atoms with van der Waals surface area (Å²) in [5.74, 6) is -0.528.